The number of aliphatic hydroxyl groups is 1. The molecule has 7 heteroatoms. The number of hydrogen-bond acceptors (Lipinski definition) is 5. The number of fused-ring (bicyclic) bond motifs is 1. The van der Waals surface area contributed by atoms with Crippen molar-refractivity contribution in [3.8, 4) is 5.75 Å². The van der Waals surface area contributed by atoms with Gasteiger partial charge in [-0.25, -0.2) is 0 Å². The molecule has 0 bridgehead atoms. The fourth-order valence-corrected chi connectivity index (χ4v) is 4.46. The molecule has 4 rings (SSSR count). The van der Waals surface area contributed by atoms with Crippen LogP contribution < -0.4 is 10.1 Å². The third-order valence-corrected chi connectivity index (χ3v) is 6.14. The quantitative estimate of drug-likeness (QED) is 0.609. The van der Waals surface area contributed by atoms with Gasteiger partial charge >= 0.3 is 0 Å². The number of H-pyrrole nitrogens is 1. The summed E-state index contributed by atoms with van der Waals surface area (Å²) in [5.41, 5.74) is 3.54. The lowest BCUT2D eigenvalue weighted by atomic mass is 9.86. The smallest absolute Gasteiger partial charge is 0.169 e. The van der Waals surface area contributed by atoms with E-state index < -0.39 is 6.10 Å². The average molecular weight is 433 g/mol. The van der Waals surface area contributed by atoms with Crippen molar-refractivity contribution >= 4 is 24.0 Å². The summed E-state index contributed by atoms with van der Waals surface area (Å²) >= 11 is 0. The molecular weight excluding hydrogens is 404 g/mol. The molecule has 1 aromatic carbocycles. The van der Waals surface area contributed by atoms with Crippen LogP contribution in [0.5, 0.6) is 5.75 Å². The van der Waals surface area contributed by atoms with Crippen LogP contribution in [0.3, 0.4) is 0 Å². The molecule has 0 amide bonds. The Morgan fingerprint density at radius 1 is 1.23 bits per heavy atom. The van der Waals surface area contributed by atoms with Gasteiger partial charge in [0.1, 0.15) is 18.0 Å². The molecule has 2 aliphatic carbocycles. The Hall–Kier alpha value is -2.15. The summed E-state index contributed by atoms with van der Waals surface area (Å²) in [6, 6.07) is 8.86. The van der Waals surface area contributed by atoms with E-state index in [0.29, 0.717) is 17.9 Å². The summed E-state index contributed by atoms with van der Waals surface area (Å²) in [5, 5.41) is 14.1. The number of aromatic amines is 1. The monoisotopic (exact) mass is 432 g/mol. The van der Waals surface area contributed by atoms with Crippen molar-refractivity contribution in [2.45, 2.75) is 57.8 Å². The summed E-state index contributed by atoms with van der Waals surface area (Å²) in [4.78, 5) is 27.4. The highest BCUT2D eigenvalue weighted by Gasteiger charge is 2.37. The lowest BCUT2D eigenvalue weighted by Crippen LogP contribution is -2.44. The Morgan fingerprint density at radius 3 is 2.67 bits per heavy atom. The van der Waals surface area contributed by atoms with E-state index in [1.807, 2.05) is 13.0 Å². The van der Waals surface area contributed by atoms with Gasteiger partial charge in [-0.2, -0.15) is 0 Å². The van der Waals surface area contributed by atoms with Crippen molar-refractivity contribution in [2.24, 2.45) is 5.92 Å². The van der Waals surface area contributed by atoms with Crippen LogP contribution in [0.1, 0.15) is 58.3 Å². The third kappa shape index (κ3) is 4.61. The second kappa shape index (κ2) is 9.33. The van der Waals surface area contributed by atoms with Gasteiger partial charge in [-0.05, 0) is 69.9 Å². The van der Waals surface area contributed by atoms with Gasteiger partial charge < -0.3 is 20.1 Å². The van der Waals surface area contributed by atoms with Gasteiger partial charge in [-0.15, -0.1) is 12.4 Å². The zero-order chi connectivity index (χ0) is 20.5. The van der Waals surface area contributed by atoms with Crippen molar-refractivity contribution in [1.82, 2.24) is 10.3 Å². The van der Waals surface area contributed by atoms with Crippen LogP contribution >= 0.6 is 12.4 Å². The van der Waals surface area contributed by atoms with Gasteiger partial charge in [-0.3, -0.25) is 9.59 Å². The zero-order valence-corrected chi connectivity index (χ0v) is 18.1. The summed E-state index contributed by atoms with van der Waals surface area (Å²) < 4.78 is 5.94. The Labute approximate surface area is 182 Å². The van der Waals surface area contributed by atoms with E-state index in [4.69, 9.17) is 4.74 Å². The van der Waals surface area contributed by atoms with Gasteiger partial charge in [0.05, 0.1) is 0 Å². The number of halogens is 1. The fourth-order valence-electron chi connectivity index (χ4n) is 4.46. The van der Waals surface area contributed by atoms with E-state index >= 15 is 0 Å². The SMILES string of the molecule is CC(=O)c1ccc(OC2CCC(NCC3CCc4[nH]c(C)cc4C3=O)C2O)cc1.Cl. The summed E-state index contributed by atoms with van der Waals surface area (Å²) in [7, 11) is 0. The largest absolute Gasteiger partial charge is 0.488 e. The predicted molar refractivity (Wildman–Crippen MR) is 117 cm³/mol. The summed E-state index contributed by atoms with van der Waals surface area (Å²) in [6.45, 7) is 4.08. The average Bonchev–Trinajstić information content (AvgIpc) is 3.25. The van der Waals surface area contributed by atoms with Gasteiger partial charge in [0, 0.05) is 41.0 Å². The summed E-state index contributed by atoms with van der Waals surface area (Å²) in [5.74, 6) is 0.802. The molecule has 1 aromatic heterocycles. The predicted octanol–water partition coefficient (Wildman–Crippen LogP) is 3.25. The van der Waals surface area contributed by atoms with Crippen LogP contribution in [0, 0.1) is 12.8 Å². The number of aliphatic hydroxyl groups excluding tert-OH is 1. The third-order valence-electron chi connectivity index (χ3n) is 6.14. The van der Waals surface area contributed by atoms with Gasteiger partial charge in [0.15, 0.2) is 11.6 Å². The number of benzene rings is 1. The Morgan fingerprint density at radius 2 is 1.97 bits per heavy atom. The van der Waals surface area contributed by atoms with Crippen molar-refractivity contribution in [3.05, 3.63) is 52.8 Å². The van der Waals surface area contributed by atoms with E-state index in [9.17, 15) is 14.7 Å². The van der Waals surface area contributed by atoms with E-state index in [2.05, 4.69) is 10.3 Å². The van der Waals surface area contributed by atoms with Crippen molar-refractivity contribution in [3.63, 3.8) is 0 Å². The first-order valence-corrected chi connectivity index (χ1v) is 10.3. The van der Waals surface area contributed by atoms with Crippen LogP contribution in [0.25, 0.3) is 0 Å². The lowest BCUT2D eigenvalue weighted by molar-refractivity contribution is 0.0441. The number of ketones is 2. The molecular formula is C23H29ClN2O4. The maximum atomic E-state index is 12.7. The van der Waals surface area contributed by atoms with Crippen molar-refractivity contribution in [2.75, 3.05) is 6.54 Å². The molecule has 0 saturated heterocycles. The number of aryl methyl sites for hydroxylation is 2. The van der Waals surface area contributed by atoms with Crippen LogP contribution in [-0.2, 0) is 6.42 Å². The first kappa shape index (κ1) is 22.5. The minimum atomic E-state index is -0.633. The van der Waals surface area contributed by atoms with Gasteiger partial charge in [0.25, 0.3) is 0 Å². The van der Waals surface area contributed by atoms with E-state index in [-0.39, 0.29) is 42.0 Å². The van der Waals surface area contributed by atoms with Crippen LogP contribution in [-0.4, -0.2) is 46.5 Å². The Bertz CT molecular complexity index is 908. The number of ether oxygens (including phenoxy) is 1. The van der Waals surface area contributed by atoms with Gasteiger partial charge in [0.2, 0.25) is 0 Å². The molecule has 0 spiro atoms. The topological polar surface area (TPSA) is 91.4 Å². The molecule has 1 saturated carbocycles. The maximum Gasteiger partial charge on any atom is 0.169 e. The minimum Gasteiger partial charge on any atom is -0.488 e. The standard InChI is InChI=1S/C23H28N2O4.ClH/c1-13-11-18-19(25-13)8-5-16(22(18)27)12-24-20-9-10-21(23(20)28)29-17-6-3-15(4-7-17)14(2)26;/h3-4,6-7,11,16,20-21,23-25,28H,5,8-10,12H2,1-2H3;1H. The molecule has 4 atom stereocenters. The number of hydrogen-bond donors (Lipinski definition) is 3. The number of carbonyl (C=O) groups excluding carboxylic acids is 2. The van der Waals surface area contributed by atoms with E-state index in [0.717, 1.165) is 42.6 Å². The molecule has 0 radical (unpaired) electrons. The lowest BCUT2D eigenvalue weighted by Gasteiger charge is -2.25. The van der Waals surface area contributed by atoms with E-state index in [1.165, 1.54) is 6.92 Å². The second-order valence-corrected chi connectivity index (χ2v) is 8.26. The molecule has 2 aromatic rings. The molecule has 2 aliphatic rings. The Kier molecular flexibility index (Phi) is 7.01. The van der Waals surface area contributed by atoms with Crippen molar-refractivity contribution in [1.29, 1.82) is 0 Å². The number of carbonyl (C=O) groups is 2. The molecule has 162 valence electrons. The van der Waals surface area contributed by atoms with Crippen LogP contribution in [0.15, 0.2) is 30.3 Å². The molecule has 1 heterocycles. The number of aromatic nitrogens is 1. The van der Waals surface area contributed by atoms with E-state index in [1.54, 1.807) is 24.3 Å². The van der Waals surface area contributed by atoms with Gasteiger partial charge in [-0.1, -0.05) is 0 Å². The zero-order valence-electron chi connectivity index (χ0n) is 17.3. The second-order valence-electron chi connectivity index (χ2n) is 8.26. The number of rotatable bonds is 6. The van der Waals surface area contributed by atoms with Crippen LogP contribution in [0.2, 0.25) is 0 Å². The molecule has 4 unspecified atom stereocenters. The molecule has 3 N–H and O–H groups in total. The normalized spacial score (nSPS) is 25.5. The first-order valence-electron chi connectivity index (χ1n) is 10.3. The highest BCUT2D eigenvalue weighted by atomic mass is 35.5. The molecule has 6 nitrogen and oxygen atoms in total. The molecule has 0 aliphatic heterocycles. The molecule has 30 heavy (non-hydrogen) atoms. The number of nitrogens with one attached hydrogen (secondary N) is 2. The van der Waals surface area contributed by atoms with Crippen LogP contribution in [0.4, 0.5) is 0 Å². The molecule has 1 fully saturated rings. The highest BCUT2D eigenvalue weighted by molar-refractivity contribution is 6.00. The number of Topliss-reactive ketones (excluding diaryl/α,β-unsaturated/α-hetero) is 2. The maximum absolute atomic E-state index is 12.7. The first-order chi connectivity index (χ1) is 13.9. The van der Waals surface area contributed by atoms with Crippen molar-refractivity contribution < 1.29 is 19.4 Å². The fraction of sp³-hybridized carbons (Fsp3) is 0.478. The minimum absolute atomic E-state index is 0. The highest BCUT2D eigenvalue weighted by Crippen LogP contribution is 2.28. The Balaban J connectivity index is 0.00000256. The summed E-state index contributed by atoms with van der Waals surface area (Å²) in [6.07, 6.45) is 2.32.